The molecular weight excluding hydrogens is 342 g/mol. The standard InChI is InChI=1S/C22H31NO4/c1-5-16(2)23-14-19(24)15-27-22(17-6-10-20(25-3)11-7-17)18-8-12-21(26-4)13-9-18/h6-13,16,19,22-24H,5,14-15H2,1-4H3/t16-,19-/m0/s1. The maximum absolute atomic E-state index is 10.3. The van der Waals surface area contributed by atoms with Crippen molar-refractivity contribution in [2.45, 2.75) is 38.5 Å². The third-order valence-corrected chi connectivity index (χ3v) is 4.61. The lowest BCUT2D eigenvalue weighted by Crippen LogP contribution is -2.35. The molecule has 2 aromatic rings. The summed E-state index contributed by atoms with van der Waals surface area (Å²) in [5.74, 6) is 1.59. The largest absolute Gasteiger partial charge is 0.497 e. The van der Waals surface area contributed by atoms with Gasteiger partial charge < -0.3 is 24.6 Å². The second-order valence-electron chi connectivity index (χ2n) is 6.63. The quantitative estimate of drug-likeness (QED) is 0.631. The van der Waals surface area contributed by atoms with Gasteiger partial charge in [-0.25, -0.2) is 0 Å². The van der Waals surface area contributed by atoms with Crippen molar-refractivity contribution in [2.24, 2.45) is 0 Å². The molecular formula is C22H31NO4. The molecule has 5 heteroatoms. The van der Waals surface area contributed by atoms with E-state index in [0.717, 1.165) is 29.0 Å². The number of ether oxygens (including phenoxy) is 3. The lowest BCUT2D eigenvalue weighted by atomic mass is 10.0. The Labute approximate surface area is 162 Å². The zero-order valence-corrected chi connectivity index (χ0v) is 16.6. The van der Waals surface area contributed by atoms with Crippen molar-refractivity contribution >= 4 is 0 Å². The molecule has 0 amide bonds. The van der Waals surface area contributed by atoms with Gasteiger partial charge in [0.1, 0.15) is 17.6 Å². The van der Waals surface area contributed by atoms with E-state index in [9.17, 15) is 5.11 Å². The molecule has 2 aromatic carbocycles. The average molecular weight is 373 g/mol. The van der Waals surface area contributed by atoms with Crippen LogP contribution in [-0.4, -0.2) is 44.6 Å². The third kappa shape index (κ3) is 6.54. The van der Waals surface area contributed by atoms with Crippen LogP contribution in [0.2, 0.25) is 0 Å². The maximum Gasteiger partial charge on any atom is 0.118 e. The van der Waals surface area contributed by atoms with E-state index in [2.05, 4.69) is 19.2 Å². The Bertz CT molecular complexity index is 610. The molecule has 0 aliphatic carbocycles. The molecule has 0 unspecified atom stereocenters. The summed E-state index contributed by atoms with van der Waals surface area (Å²) in [6.07, 6.45) is 0.173. The number of methoxy groups -OCH3 is 2. The monoisotopic (exact) mass is 373 g/mol. The van der Waals surface area contributed by atoms with E-state index >= 15 is 0 Å². The van der Waals surface area contributed by atoms with E-state index < -0.39 is 6.10 Å². The molecule has 0 radical (unpaired) electrons. The Kier molecular flexibility index (Phi) is 8.58. The number of benzene rings is 2. The van der Waals surface area contributed by atoms with Gasteiger partial charge in [0.15, 0.2) is 0 Å². The third-order valence-electron chi connectivity index (χ3n) is 4.61. The van der Waals surface area contributed by atoms with Crippen molar-refractivity contribution in [3.8, 4) is 11.5 Å². The molecule has 2 N–H and O–H groups in total. The molecule has 0 aromatic heterocycles. The highest BCUT2D eigenvalue weighted by atomic mass is 16.5. The fourth-order valence-electron chi connectivity index (χ4n) is 2.69. The van der Waals surface area contributed by atoms with Crippen LogP contribution in [-0.2, 0) is 4.74 Å². The minimum absolute atomic E-state index is 0.242. The van der Waals surface area contributed by atoms with Gasteiger partial charge in [-0.2, -0.15) is 0 Å². The predicted octanol–water partition coefficient (Wildman–Crippen LogP) is 3.56. The zero-order valence-electron chi connectivity index (χ0n) is 16.6. The van der Waals surface area contributed by atoms with Gasteiger partial charge in [0.2, 0.25) is 0 Å². The summed E-state index contributed by atoms with van der Waals surface area (Å²) < 4.78 is 16.6. The van der Waals surface area contributed by atoms with E-state index in [-0.39, 0.29) is 12.7 Å². The van der Waals surface area contributed by atoms with Gasteiger partial charge in [-0.05, 0) is 48.7 Å². The van der Waals surface area contributed by atoms with Gasteiger partial charge in [-0.3, -0.25) is 0 Å². The lowest BCUT2D eigenvalue weighted by molar-refractivity contribution is 0.00575. The van der Waals surface area contributed by atoms with E-state index in [1.807, 2.05) is 48.5 Å². The van der Waals surface area contributed by atoms with Crippen molar-refractivity contribution in [1.82, 2.24) is 5.32 Å². The molecule has 0 heterocycles. The fourth-order valence-corrected chi connectivity index (χ4v) is 2.69. The van der Waals surface area contributed by atoms with Crippen LogP contribution >= 0.6 is 0 Å². The van der Waals surface area contributed by atoms with Gasteiger partial charge in [0.25, 0.3) is 0 Å². The number of aliphatic hydroxyl groups excluding tert-OH is 1. The van der Waals surface area contributed by atoms with Gasteiger partial charge in [-0.15, -0.1) is 0 Å². The summed E-state index contributed by atoms with van der Waals surface area (Å²) in [4.78, 5) is 0. The van der Waals surface area contributed by atoms with Gasteiger partial charge >= 0.3 is 0 Å². The molecule has 5 nitrogen and oxygen atoms in total. The van der Waals surface area contributed by atoms with Crippen LogP contribution in [0.1, 0.15) is 37.5 Å². The molecule has 148 valence electrons. The second-order valence-corrected chi connectivity index (χ2v) is 6.63. The smallest absolute Gasteiger partial charge is 0.118 e. The fraction of sp³-hybridized carbons (Fsp3) is 0.455. The van der Waals surface area contributed by atoms with Gasteiger partial charge in [-0.1, -0.05) is 31.2 Å². The highest BCUT2D eigenvalue weighted by Gasteiger charge is 2.17. The maximum atomic E-state index is 10.3. The van der Waals surface area contributed by atoms with Crippen LogP contribution in [0.4, 0.5) is 0 Å². The number of hydrogen-bond donors (Lipinski definition) is 2. The lowest BCUT2D eigenvalue weighted by Gasteiger charge is -2.22. The summed E-state index contributed by atoms with van der Waals surface area (Å²) in [5.41, 5.74) is 2.01. The van der Waals surface area contributed by atoms with Gasteiger partial charge in [0, 0.05) is 12.6 Å². The molecule has 0 spiro atoms. The number of nitrogens with one attached hydrogen (secondary N) is 1. The molecule has 0 aliphatic rings. The summed E-state index contributed by atoms with van der Waals surface area (Å²) in [7, 11) is 3.29. The SMILES string of the molecule is CC[C@H](C)NC[C@H](O)COC(c1ccc(OC)cc1)c1ccc(OC)cc1. The summed E-state index contributed by atoms with van der Waals surface area (Å²) in [6.45, 7) is 4.97. The number of hydrogen-bond acceptors (Lipinski definition) is 5. The van der Waals surface area contributed by atoms with Crippen LogP contribution < -0.4 is 14.8 Å². The first kappa shape index (κ1) is 21.2. The van der Waals surface area contributed by atoms with E-state index in [4.69, 9.17) is 14.2 Å². The normalized spacial score (nSPS) is 13.4. The number of rotatable bonds is 11. The molecule has 27 heavy (non-hydrogen) atoms. The minimum atomic E-state index is -0.571. The van der Waals surface area contributed by atoms with E-state index in [1.165, 1.54) is 0 Å². The van der Waals surface area contributed by atoms with Crippen LogP contribution in [0, 0.1) is 0 Å². The average Bonchev–Trinajstić information content (AvgIpc) is 2.73. The molecule has 0 saturated carbocycles. The zero-order chi connectivity index (χ0) is 19.6. The van der Waals surface area contributed by atoms with Crippen LogP contribution in [0.3, 0.4) is 0 Å². The molecule has 0 aliphatic heterocycles. The van der Waals surface area contributed by atoms with Crippen molar-refractivity contribution in [3.63, 3.8) is 0 Å². The highest BCUT2D eigenvalue weighted by Crippen LogP contribution is 2.29. The van der Waals surface area contributed by atoms with Crippen molar-refractivity contribution in [2.75, 3.05) is 27.4 Å². The molecule has 0 saturated heterocycles. The Morgan fingerprint density at radius 1 is 0.889 bits per heavy atom. The number of aliphatic hydroxyl groups is 1. The molecule has 2 rings (SSSR count). The van der Waals surface area contributed by atoms with Crippen LogP contribution in [0.15, 0.2) is 48.5 Å². The Hall–Kier alpha value is -2.08. The summed E-state index contributed by atoms with van der Waals surface area (Å²) >= 11 is 0. The van der Waals surface area contributed by atoms with E-state index in [0.29, 0.717) is 12.6 Å². The topological polar surface area (TPSA) is 60.0 Å². The van der Waals surface area contributed by atoms with Gasteiger partial charge in [0.05, 0.1) is 26.9 Å². The Morgan fingerprint density at radius 2 is 1.37 bits per heavy atom. The first-order valence-corrected chi connectivity index (χ1v) is 9.38. The first-order valence-electron chi connectivity index (χ1n) is 9.38. The Balaban J connectivity index is 2.11. The minimum Gasteiger partial charge on any atom is -0.497 e. The molecule has 0 fully saturated rings. The van der Waals surface area contributed by atoms with Crippen molar-refractivity contribution in [3.05, 3.63) is 59.7 Å². The Morgan fingerprint density at radius 3 is 1.78 bits per heavy atom. The summed E-state index contributed by atoms with van der Waals surface area (Å²) in [6, 6.07) is 16.0. The molecule has 2 atom stereocenters. The molecule has 0 bridgehead atoms. The van der Waals surface area contributed by atoms with Crippen molar-refractivity contribution in [1.29, 1.82) is 0 Å². The second kappa shape index (κ2) is 10.9. The first-order chi connectivity index (χ1) is 13.1. The van der Waals surface area contributed by atoms with Crippen molar-refractivity contribution < 1.29 is 19.3 Å². The highest BCUT2D eigenvalue weighted by molar-refractivity contribution is 5.36. The van der Waals surface area contributed by atoms with Crippen LogP contribution in [0.25, 0.3) is 0 Å². The van der Waals surface area contributed by atoms with Crippen LogP contribution in [0.5, 0.6) is 11.5 Å². The summed E-state index contributed by atoms with van der Waals surface area (Å²) in [5, 5.41) is 13.6. The predicted molar refractivity (Wildman–Crippen MR) is 108 cm³/mol. The van der Waals surface area contributed by atoms with E-state index in [1.54, 1.807) is 14.2 Å².